The van der Waals surface area contributed by atoms with Crippen LogP contribution in [-0.4, -0.2) is 33.9 Å². The van der Waals surface area contributed by atoms with Gasteiger partial charge in [0, 0.05) is 18.2 Å². The molecule has 0 saturated heterocycles. The molecule has 18 heavy (non-hydrogen) atoms. The van der Waals surface area contributed by atoms with Crippen LogP contribution in [-0.2, 0) is 0 Å². The Morgan fingerprint density at radius 1 is 1.44 bits per heavy atom. The monoisotopic (exact) mass is 254 g/mol. The summed E-state index contributed by atoms with van der Waals surface area (Å²) < 4.78 is 0. The van der Waals surface area contributed by atoms with Gasteiger partial charge in [-0.1, -0.05) is 12.1 Å². The molecule has 0 fully saturated rings. The van der Waals surface area contributed by atoms with Crippen molar-refractivity contribution < 1.29 is 15.1 Å². The third-order valence-corrected chi connectivity index (χ3v) is 2.84. The molecule has 3 N–H and O–H groups in total. The van der Waals surface area contributed by atoms with E-state index in [1.54, 1.807) is 19.1 Å². The van der Waals surface area contributed by atoms with Gasteiger partial charge in [0.05, 0.1) is 23.7 Å². The molecule has 0 saturated carbocycles. The average Bonchev–Trinajstić information content (AvgIpc) is 2.38. The van der Waals surface area contributed by atoms with E-state index in [1.165, 1.54) is 12.1 Å². The molecule has 0 aromatic heterocycles. The van der Waals surface area contributed by atoms with E-state index >= 15 is 0 Å². The number of nitro groups is 1. The molecule has 1 aromatic rings. The number of non-ortho nitro benzene ring substituents is 1. The van der Waals surface area contributed by atoms with Gasteiger partial charge in [-0.05, 0) is 19.4 Å². The summed E-state index contributed by atoms with van der Waals surface area (Å²) in [5.41, 5.74) is -0.0579. The van der Waals surface area contributed by atoms with Gasteiger partial charge in [-0.2, -0.15) is 0 Å². The summed E-state index contributed by atoms with van der Waals surface area (Å²) in [5, 5.41) is 32.1. The molecule has 1 rings (SSSR count). The van der Waals surface area contributed by atoms with Crippen LogP contribution < -0.4 is 5.32 Å². The molecule has 6 heteroatoms. The second-order valence-corrected chi connectivity index (χ2v) is 4.60. The van der Waals surface area contributed by atoms with Gasteiger partial charge in [0.15, 0.2) is 0 Å². The van der Waals surface area contributed by atoms with E-state index in [9.17, 15) is 20.3 Å². The number of hydrogen-bond acceptors (Lipinski definition) is 5. The number of aliphatic hydroxyl groups is 2. The van der Waals surface area contributed by atoms with Crippen LogP contribution in [0.3, 0.4) is 0 Å². The van der Waals surface area contributed by atoms with Gasteiger partial charge in [0.2, 0.25) is 0 Å². The number of aliphatic hydroxyl groups excluding tert-OH is 2. The zero-order valence-electron chi connectivity index (χ0n) is 10.5. The zero-order chi connectivity index (χ0) is 13.8. The highest BCUT2D eigenvalue weighted by molar-refractivity contribution is 5.35. The van der Waals surface area contributed by atoms with Gasteiger partial charge >= 0.3 is 0 Å². The summed E-state index contributed by atoms with van der Waals surface area (Å²) in [6.45, 7) is 3.06. The second kappa shape index (κ2) is 5.90. The number of nitro benzene ring substituents is 1. The fraction of sp³-hybridized carbons (Fsp3) is 0.500. The molecular weight excluding hydrogens is 236 g/mol. The minimum absolute atomic E-state index is 0.0239. The largest absolute Gasteiger partial charge is 0.394 e. The number of nitrogens with zero attached hydrogens (tertiary/aromatic N) is 1. The lowest BCUT2D eigenvalue weighted by Gasteiger charge is -2.30. The highest BCUT2D eigenvalue weighted by Gasteiger charge is 2.25. The van der Waals surface area contributed by atoms with Crippen molar-refractivity contribution in [3.8, 4) is 0 Å². The Morgan fingerprint density at radius 2 is 2.06 bits per heavy atom. The van der Waals surface area contributed by atoms with Crippen molar-refractivity contribution in [1.29, 1.82) is 0 Å². The van der Waals surface area contributed by atoms with Gasteiger partial charge in [-0.15, -0.1) is 0 Å². The van der Waals surface area contributed by atoms with Crippen molar-refractivity contribution >= 4 is 5.69 Å². The van der Waals surface area contributed by atoms with Crippen LogP contribution in [0.1, 0.15) is 25.5 Å². The van der Waals surface area contributed by atoms with E-state index in [4.69, 9.17) is 0 Å². The average molecular weight is 254 g/mol. The normalized spacial score (nSPS) is 13.3. The van der Waals surface area contributed by atoms with Crippen LogP contribution in [0, 0.1) is 10.1 Å². The molecular formula is C12H18N2O4. The van der Waals surface area contributed by atoms with E-state index in [2.05, 4.69) is 5.32 Å². The first-order chi connectivity index (χ1) is 8.41. The number of benzene rings is 1. The van der Waals surface area contributed by atoms with Crippen molar-refractivity contribution in [1.82, 2.24) is 5.32 Å². The van der Waals surface area contributed by atoms with E-state index in [-0.39, 0.29) is 24.9 Å². The molecule has 1 aromatic carbocycles. The number of rotatable bonds is 6. The molecule has 6 nitrogen and oxygen atoms in total. The lowest BCUT2D eigenvalue weighted by molar-refractivity contribution is -0.384. The zero-order valence-corrected chi connectivity index (χ0v) is 10.5. The predicted octanol–water partition coefficient (Wildman–Crippen LogP) is 0.989. The molecule has 1 atom stereocenters. The molecule has 0 bridgehead atoms. The first-order valence-corrected chi connectivity index (χ1v) is 5.65. The molecule has 0 amide bonds. The maximum absolute atomic E-state index is 10.7. The number of nitrogens with one attached hydrogen (secondary N) is 1. The van der Waals surface area contributed by atoms with E-state index < -0.39 is 10.5 Å². The van der Waals surface area contributed by atoms with Crippen LogP contribution in [0.5, 0.6) is 0 Å². The van der Waals surface area contributed by atoms with Crippen molar-refractivity contribution in [3.63, 3.8) is 0 Å². The third kappa shape index (κ3) is 3.49. The molecule has 0 radical (unpaired) electrons. The van der Waals surface area contributed by atoms with Crippen LogP contribution in [0.15, 0.2) is 24.3 Å². The Morgan fingerprint density at radius 3 is 2.56 bits per heavy atom. The first-order valence-electron chi connectivity index (χ1n) is 5.65. The van der Waals surface area contributed by atoms with Gasteiger partial charge in [-0.3, -0.25) is 10.1 Å². The molecule has 100 valence electrons. The minimum atomic E-state index is -0.815. The molecule has 0 heterocycles. The van der Waals surface area contributed by atoms with Gasteiger partial charge in [0.25, 0.3) is 5.69 Å². The van der Waals surface area contributed by atoms with Gasteiger partial charge in [0.1, 0.15) is 0 Å². The lowest BCUT2D eigenvalue weighted by Crippen LogP contribution is -2.49. The smallest absolute Gasteiger partial charge is 0.269 e. The van der Waals surface area contributed by atoms with Crippen LogP contribution in [0.4, 0.5) is 5.69 Å². The molecule has 0 aliphatic carbocycles. The molecule has 1 unspecified atom stereocenters. The molecule has 0 spiro atoms. The van der Waals surface area contributed by atoms with E-state index in [0.29, 0.717) is 0 Å². The Hall–Kier alpha value is -1.50. The van der Waals surface area contributed by atoms with Crippen LogP contribution >= 0.6 is 0 Å². The lowest BCUT2D eigenvalue weighted by atomic mass is 10.0. The van der Waals surface area contributed by atoms with E-state index in [1.807, 2.05) is 6.92 Å². The van der Waals surface area contributed by atoms with Crippen LogP contribution in [0.2, 0.25) is 0 Å². The van der Waals surface area contributed by atoms with Crippen molar-refractivity contribution in [2.75, 3.05) is 13.2 Å². The Bertz CT molecular complexity index is 418. The predicted molar refractivity (Wildman–Crippen MR) is 67.2 cm³/mol. The standard InChI is InChI=1S/C12H18N2O4/c1-9(13-12(2,7-15)8-16)10-4-3-5-11(6-10)14(17)18/h3-6,9,13,15-16H,7-8H2,1-2H3. The molecule has 0 aliphatic rings. The van der Waals surface area contributed by atoms with Gasteiger partial charge < -0.3 is 15.5 Å². The summed E-state index contributed by atoms with van der Waals surface area (Å²) >= 11 is 0. The van der Waals surface area contributed by atoms with Gasteiger partial charge in [-0.25, -0.2) is 0 Å². The van der Waals surface area contributed by atoms with E-state index in [0.717, 1.165) is 5.56 Å². The van der Waals surface area contributed by atoms with Crippen molar-refractivity contribution in [2.24, 2.45) is 0 Å². The SMILES string of the molecule is CC(NC(C)(CO)CO)c1cccc([N+](=O)[O-])c1. The van der Waals surface area contributed by atoms with Crippen molar-refractivity contribution in [3.05, 3.63) is 39.9 Å². The highest BCUT2D eigenvalue weighted by atomic mass is 16.6. The maximum atomic E-state index is 10.7. The summed E-state index contributed by atoms with van der Waals surface area (Å²) in [5.74, 6) is 0. The Balaban J connectivity index is 2.87. The summed E-state index contributed by atoms with van der Waals surface area (Å²) in [4.78, 5) is 10.2. The Labute approximate surface area is 105 Å². The summed E-state index contributed by atoms with van der Waals surface area (Å²) in [6, 6.07) is 6.07. The third-order valence-electron chi connectivity index (χ3n) is 2.84. The summed E-state index contributed by atoms with van der Waals surface area (Å²) in [6.07, 6.45) is 0. The Kier molecular flexibility index (Phi) is 4.77. The fourth-order valence-electron chi connectivity index (χ4n) is 1.66. The minimum Gasteiger partial charge on any atom is -0.394 e. The second-order valence-electron chi connectivity index (χ2n) is 4.60. The summed E-state index contributed by atoms with van der Waals surface area (Å²) in [7, 11) is 0. The fourth-order valence-corrected chi connectivity index (χ4v) is 1.66. The molecule has 0 aliphatic heterocycles. The first kappa shape index (κ1) is 14.6. The number of hydrogen-bond donors (Lipinski definition) is 3. The highest BCUT2D eigenvalue weighted by Crippen LogP contribution is 2.21. The van der Waals surface area contributed by atoms with Crippen LogP contribution in [0.25, 0.3) is 0 Å². The maximum Gasteiger partial charge on any atom is 0.269 e. The van der Waals surface area contributed by atoms with Crippen molar-refractivity contribution in [2.45, 2.75) is 25.4 Å². The topological polar surface area (TPSA) is 95.6 Å². The quantitative estimate of drug-likeness (QED) is 0.519.